The Balaban J connectivity index is 2.93. The van der Waals surface area contributed by atoms with Crippen molar-refractivity contribution in [3.05, 3.63) is 33.3 Å². The van der Waals surface area contributed by atoms with Gasteiger partial charge in [0.2, 0.25) is 0 Å². The number of carbonyl (C=O) groups is 1. The molecule has 1 rings (SSSR count). The van der Waals surface area contributed by atoms with Gasteiger partial charge in [-0.1, -0.05) is 27.5 Å². The highest BCUT2D eigenvalue weighted by Gasteiger charge is 2.17. The fourth-order valence-corrected chi connectivity index (χ4v) is 2.21. The summed E-state index contributed by atoms with van der Waals surface area (Å²) in [6.45, 7) is 1.83. The summed E-state index contributed by atoms with van der Waals surface area (Å²) in [5, 5.41) is 9.11. The third kappa shape index (κ3) is 3.72. The predicted molar refractivity (Wildman–Crippen MR) is 70.9 cm³/mol. The number of benzene rings is 1. The Labute approximate surface area is 114 Å². The van der Waals surface area contributed by atoms with Gasteiger partial charge in [0.1, 0.15) is 0 Å². The highest BCUT2D eigenvalue weighted by atomic mass is 79.9. The summed E-state index contributed by atoms with van der Waals surface area (Å²) in [6, 6.07) is 6.97. The Morgan fingerprint density at radius 3 is 2.76 bits per heavy atom. The third-order valence-corrected chi connectivity index (χ3v) is 3.15. The first-order chi connectivity index (χ1) is 7.95. The summed E-state index contributed by atoms with van der Waals surface area (Å²) in [5.74, 6) is -0.143. The molecule has 0 fully saturated rings. The van der Waals surface area contributed by atoms with Crippen LogP contribution in [0.2, 0.25) is 5.02 Å². The van der Waals surface area contributed by atoms with Crippen molar-refractivity contribution in [2.24, 2.45) is 0 Å². The number of hydrogen-bond acceptors (Lipinski definition) is 2. The molecule has 0 aromatic heterocycles. The van der Waals surface area contributed by atoms with E-state index >= 15 is 0 Å². The molecule has 1 aromatic carbocycles. The van der Waals surface area contributed by atoms with E-state index in [1.54, 1.807) is 30.1 Å². The van der Waals surface area contributed by atoms with Gasteiger partial charge in [0.25, 0.3) is 5.91 Å². The monoisotopic (exact) mass is 314 g/mol. The van der Waals surface area contributed by atoms with Gasteiger partial charge < -0.3 is 4.90 Å². The van der Waals surface area contributed by atoms with Crippen LogP contribution in [0, 0.1) is 11.3 Å². The van der Waals surface area contributed by atoms with E-state index in [9.17, 15) is 4.79 Å². The Morgan fingerprint density at radius 2 is 2.24 bits per heavy atom. The van der Waals surface area contributed by atoms with Crippen LogP contribution in [-0.2, 0) is 0 Å². The van der Waals surface area contributed by atoms with Gasteiger partial charge in [0.05, 0.1) is 12.5 Å². The second-order valence-electron chi connectivity index (χ2n) is 3.79. The molecular weight excluding hydrogens is 304 g/mol. The van der Waals surface area contributed by atoms with Crippen molar-refractivity contribution >= 4 is 33.4 Å². The van der Waals surface area contributed by atoms with E-state index in [1.165, 1.54) is 0 Å². The van der Waals surface area contributed by atoms with E-state index in [-0.39, 0.29) is 11.9 Å². The highest BCUT2D eigenvalue weighted by molar-refractivity contribution is 9.10. The van der Waals surface area contributed by atoms with Gasteiger partial charge in [0, 0.05) is 28.1 Å². The van der Waals surface area contributed by atoms with Crippen molar-refractivity contribution in [1.29, 1.82) is 5.26 Å². The summed E-state index contributed by atoms with van der Waals surface area (Å²) in [4.78, 5) is 13.6. The molecule has 3 nitrogen and oxygen atoms in total. The zero-order valence-corrected chi connectivity index (χ0v) is 11.9. The van der Waals surface area contributed by atoms with E-state index < -0.39 is 0 Å². The van der Waals surface area contributed by atoms with Crippen molar-refractivity contribution < 1.29 is 4.79 Å². The molecule has 90 valence electrons. The SMILES string of the molecule is CC(CC#N)N(C)C(=O)c1cc(Cl)cc(Br)c1. The molecule has 0 bridgehead atoms. The fourth-order valence-electron chi connectivity index (χ4n) is 1.35. The first-order valence-electron chi connectivity index (χ1n) is 5.06. The Hall–Kier alpha value is -1.05. The average Bonchev–Trinajstić information content (AvgIpc) is 2.26. The largest absolute Gasteiger partial charge is 0.338 e. The van der Waals surface area contributed by atoms with Crippen LogP contribution in [0.5, 0.6) is 0 Å². The maximum Gasteiger partial charge on any atom is 0.253 e. The molecule has 0 aliphatic heterocycles. The molecular formula is C12H12BrClN2O. The number of halogens is 2. The molecule has 17 heavy (non-hydrogen) atoms. The maximum absolute atomic E-state index is 12.1. The standard InChI is InChI=1S/C12H12BrClN2O/c1-8(3-4-15)16(2)12(17)9-5-10(13)7-11(14)6-9/h5-8H,3H2,1-2H3. The number of amides is 1. The van der Waals surface area contributed by atoms with Crippen LogP contribution >= 0.6 is 27.5 Å². The van der Waals surface area contributed by atoms with E-state index in [0.717, 1.165) is 4.47 Å². The lowest BCUT2D eigenvalue weighted by atomic mass is 10.1. The zero-order chi connectivity index (χ0) is 13.0. The summed E-state index contributed by atoms with van der Waals surface area (Å²) in [5.41, 5.74) is 0.511. The van der Waals surface area contributed by atoms with Crippen molar-refractivity contribution in [3.63, 3.8) is 0 Å². The van der Waals surface area contributed by atoms with Gasteiger partial charge in [-0.25, -0.2) is 0 Å². The Kier molecular flexibility index (Phi) is 4.98. The fraction of sp³-hybridized carbons (Fsp3) is 0.333. The summed E-state index contributed by atoms with van der Waals surface area (Å²) >= 11 is 9.18. The Morgan fingerprint density at radius 1 is 1.59 bits per heavy atom. The van der Waals surface area contributed by atoms with Crippen molar-refractivity contribution in [2.45, 2.75) is 19.4 Å². The Bertz CT molecular complexity index is 450. The van der Waals surface area contributed by atoms with Gasteiger partial charge in [-0.05, 0) is 25.1 Å². The van der Waals surface area contributed by atoms with E-state index in [2.05, 4.69) is 15.9 Å². The van der Waals surface area contributed by atoms with Crippen LogP contribution in [0.1, 0.15) is 23.7 Å². The molecule has 0 aliphatic rings. The lowest BCUT2D eigenvalue weighted by molar-refractivity contribution is 0.0746. The summed E-state index contributed by atoms with van der Waals surface area (Å²) in [7, 11) is 1.68. The number of nitriles is 1. The second-order valence-corrected chi connectivity index (χ2v) is 5.14. The van der Waals surface area contributed by atoms with Crippen LogP contribution in [0.25, 0.3) is 0 Å². The highest BCUT2D eigenvalue weighted by Crippen LogP contribution is 2.21. The lowest BCUT2D eigenvalue weighted by Crippen LogP contribution is -2.34. The van der Waals surface area contributed by atoms with Crippen LogP contribution < -0.4 is 0 Å². The quantitative estimate of drug-likeness (QED) is 0.857. The molecule has 0 saturated carbocycles. The average molecular weight is 316 g/mol. The number of nitrogens with zero attached hydrogens (tertiary/aromatic N) is 2. The van der Waals surface area contributed by atoms with E-state index in [0.29, 0.717) is 17.0 Å². The molecule has 0 saturated heterocycles. The summed E-state index contributed by atoms with van der Waals surface area (Å²) in [6.07, 6.45) is 0.309. The minimum atomic E-state index is -0.143. The molecule has 1 unspecified atom stereocenters. The minimum absolute atomic E-state index is 0.120. The topological polar surface area (TPSA) is 44.1 Å². The molecule has 1 amide bonds. The van der Waals surface area contributed by atoms with Crippen LogP contribution in [0.4, 0.5) is 0 Å². The van der Waals surface area contributed by atoms with Crippen molar-refractivity contribution in [2.75, 3.05) is 7.05 Å². The van der Waals surface area contributed by atoms with Crippen LogP contribution in [0.3, 0.4) is 0 Å². The smallest absolute Gasteiger partial charge is 0.253 e. The molecule has 0 heterocycles. The molecule has 0 radical (unpaired) electrons. The van der Waals surface area contributed by atoms with Gasteiger partial charge in [0.15, 0.2) is 0 Å². The van der Waals surface area contributed by atoms with Crippen LogP contribution in [-0.4, -0.2) is 23.9 Å². The van der Waals surface area contributed by atoms with E-state index in [1.807, 2.05) is 13.0 Å². The van der Waals surface area contributed by atoms with E-state index in [4.69, 9.17) is 16.9 Å². The normalized spacial score (nSPS) is 11.7. The molecule has 5 heteroatoms. The van der Waals surface area contributed by atoms with Gasteiger partial charge >= 0.3 is 0 Å². The molecule has 1 aromatic rings. The van der Waals surface area contributed by atoms with Gasteiger partial charge in [-0.3, -0.25) is 4.79 Å². The molecule has 1 atom stereocenters. The zero-order valence-electron chi connectivity index (χ0n) is 9.58. The molecule has 0 aliphatic carbocycles. The summed E-state index contributed by atoms with van der Waals surface area (Å²) < 4.78 is 0.759. The van der Waals surface area contributed by atoms with Gasteiger partial charge in [-0.15, -0.1) is 0 Å². The van der Waals surface area contributed by atoms with Gasteiger partial charge in [-0.2, -0.15) is 5.26 Å². The van der Waals surface area contributed by atoms with Crippen molar-refractivity contribution in [3.8, 4) is 6.07 Å². The number of rotatable bonds is 3. The minimum Gasteiger partial charge on any atom is -0.338 e. The second kappa shape index (κ2) is 6.04. The maximum atomic E-state index is 12.1. The molecule has 0 spiro atoms. The van der Waals surface area contributed by atoms with Crippen LogP contribution in [0.15, 0.2) is 22.7 Å². The third-order valence-electron chi connectivity index (χ3n) is 2.48. The number of carbonyl (C=O) groups excluding carboxylic acids is 1. The first kappa shape index (κ1) is 14.0. The first-order valence-corrected chi connectivity index (χ1v) is 6.23. The predicted octanol–water partition coefficient (Wildman–Crippen LogP) is 3.48. The molecule has 0 N–H and O–H groups in total. The number of hydrogen-bond donors (Lipinski definition) is 0. The van der Waals surface area contributed by atoms with Crippen molar-refractivity contribution in [1.82, 2.24) is 4.90 Å². The lowest BCUT2D eigenvalue weighted by Gasteiger charge is -2.23.